The number of hydrogen-bond donors (Lipinski definition) is 0. The van der Waals surface area contributed by atoms with E-state index >= 15 is 0 Å². The summed E-state index contributed by atoms with van der Waals surface area (Å²) in [6.07, 6.45) is -0.174. The summed E-state index contributed by atoms with van der Waals surface area (Å²) in [4.78, 5) is 15.0. The van der Waals surface area contributed by atoms with Crippen molar-refractivity contribution in [2.24, 2.45) is 0 Å². The van der Waals surface area contributed by atoms with E-state index in [1.54, 1.807) is 29.2 Å². The molecule has 1 fully saturated rings. The van der Waals surface area contributed by atoms with Gasteiger partial charge in [-0.1, -0.05) is 12.1 Å². The van der Waals surface area contributed by atoms with Gasteiger partial charge in [0.1, 0.15) is 17.3 Å². The maximum absolute atomic E-state index is 14.3. The number of nitrogens with zero attached hydrogens (tertiary/aromatic N) is 3. The Morgan fingerprint density at radius 1 is 1.03 bits per heavy atom. The van der Waals surface area contributed by atoms with Gasteiger partial charge in [-0.15, -0.1) is 0 Å². The molecule has 2 aromatic carbocycles. The number of halogens is 2. The third-order valence-corrected chi connectivity index (χ3v) is 4.86. The molecule has 1 aromatic heterocycles. The molecule has 0 bridgehead atoms. The van der Waals surface area contributed by atoms with E-state index < -0.39 is 5.82 Å². The topological polar surface area (TPSA) is 47.4 Å². The smallest absolute Gasteiger partial charge is 0.272 e. The largest absolute Gasteiger partial charge is 0.372 e. The number of carbonyl (C=O) groups excluding carboxylic acids is 1. The SMILES string of the molecule is C[C@@H]1CN(C(=O)c2cc(-c3ccccc3F)nn2-c2ccc(F)cc2)C[C@@H](C)O1. The van der Waals surface area contributed by atoms with Crippen LogP contribution >= 0.6 is 0 Å². The fraction of sp³-hybridized carbons (Fsp3) is 0.273. The van der Waals surface area contributed by atoms with Crippen LogP contribution < -0.4 is 0 Å². The molecule has 0 spiro atoms. The summed E-state index contributed by atoms with van der Waals surface area (Å²) in [6.45, 7) is 4.73. The fourth-order valence-corrected chi connectivity index (χ4v) is 3.62. The molecule has 4 rings (SSSR count). The molecule has 3 aromatic rings. The second-order valence-corrected chi connectivity index (χ2v) is 7.25. The van der Waals surface area contributed by atoms with Crippen molar-refractivity contribution in [3.8, 4) is 16.9 Å². The molecule has 2 heterocycles. The van der Waals surface area contributed by atoms with Crippen molar-refractivity contribution in [2.45, 2.75) is 26.1 Å². The zero-order chi connectivity index (χ0) is 20.5. The Kier molecular flexibility index (Phi) is 5.15. The Labute approximate surface area is 167 Å². The highest BCUT2D eigenvalue weighted by Crippen LogP contribution is 2.26. The summed E-state index contributed by atoms with van der Waals surface area (Å²) >= 11 is 0. The number of rotatable bonds is 3. The van der Waals surface area contributed by atoms with Crippen LogP contribution in [0.4, 0.5) is 8.78 Å². The van der Waals surface area contributed by atoms with E-state index in [1.807, 2.05) is 13.8 Å². The molecule has 29 heavy (non-hydrogen) atoms. The van der Waals surface area contributed by atoms with E-state index in [2.05, 4.69) is 5.10 Å². The summed E-state index contributed by atoms with van der Waals surface area (Å²) in [6, 6.07) is 13.5. The number of carbonyl (C=O) groups is 1. The van der Waals surface area contributed by atoms with E-state index in [0.29, 0.717) is 30.0 Å². The number of hydrogen-bond acceptors (Lipinski definition) is 3. The quantitative estimate of drug-likeness (QED) is 0.670. The second-order valence-electron chi connectivity index (χ2n) is 7.25. The molecule has 1 aliphatic rings. The first-order valence-electron chi connectivity index (χ1n) is 9.48. The molecule has 5 nitrogen and oxygen atoms in total. The van der Waals surface area contributed by atoms with Crippen molar-refractivity contribution >= 4 is 5.91 Å². The molecule has 0 aliphatic carbocycles. The number of benzene rings is 2. The number of aromatic nitrogens is 2. The summed E-state index contributed by atoms with van der Waals surface area (Å²) < 4.78 is 34.9. The van der Waals surface area contributed by atoms with Crippen LogP contribution in [0, 0.1) is 11.6 Å². The van der Waals surface area contributed by atoms with Crippen LogP contribution in [-0.4, -0.2) is 45.9 Å². The minimum atomic E-state index is -0.427. The van der Waals surface area contributed by atoms with Gasteiger partial charge in [-0.3, -0.25) is 4.79 Å². The zero-order valence-electron chi connectivity index (χ0n) is 16.2. The summed E-state index contributed by atoms with van der Waals surface area (Å²) in [5.74, 6) is -1.05. The standard InChI is InChI=1S/C22H21F2N3O2/c1-14-12-26(13-15(2)29-14)22(28)21-11-20(18-5-3-4-6-19(18)24)25-27(21)17-9-7-16(23)8-10-17/h3-11,14-15H,12-13H2,1-2H3/t14-,15-/m1/s1. The molecular weight excluding hydrogens is 376 g/mol. The minimum Gasteiger partial charge on any atom is -0.372 e. The van der Waals surface area contributed by atoms with Crippen LogP contribution in [0.25, 0.3) is 16.9 Å². The highest BCUT2D eigenvalue weighted by Gasteiger charge is 2.29. The van der Waals surface area contributed by atoms with E-state index in [9.17, 15) is 13.6 Å². The van der Waals surface area contributed by atoms with Gasteiger partial charge in [0.2, 0.25) is 0 Å². The van der Waals surface area contributed by atoms with E-state index in [4.69, 9.17) is 4.74 Å². The lowest BCUT2D eigenvalue weighted by molar-refractivity contribution is -0.0588. The lowest BCUT2D eigenvalue weighted by atomic mass is 10.1. The molecule has 0 saturated carbocycles. The lowest BCUT2D eigenvalue weighted by Crippen LogP contribution is -2.48. The average molecular weight is 397 g/mol. The molecule has 0 N–H and O–H groups in total. The predicted molar refractivity (Wildman–Crippen MR) is 105 cm³/mol. The number of amides is 1. The van der Waals surface area contributed by atoms with Crippen LogP contribution in [0.2, 0.25) is 0 Å². The summed E-state index contributed by atoms with van der Waals surface area (Å²) in [7, 11) is 0. The van der Waals surface area contributed by atoms with Gasteiger partial charge >= 0.3 is 0 Å². The van der Waals surface area contributed by atoms with Crippen molar-refractivity contribution < 1.29 is 18.3 Å². The minimum absolute atomic E-state index is 0.0871. The number of ether oxygens (including phenoxy) is 1. The zero-order valence-corrected chi connectivity index (χ0v) is 16.2. The molecule has 2 atom stereocenters. The van der Waals surface area contributed by atoms with Gasteiger partial charge < -0.3 is 9.64 Å². The van der Waals surface area contributed by atoms with Crippen molar-refractivity contribution in [1.82, 2.24) is 14.7 Å². The summed E-state index contributed by atoms with van der Waals surface area (Å²) in [5, 5.41) is 4.47. The van der Waals surface area contributed by atoms with Gasteiger partial charge in [0.15, 0.2) is 0 Å². The van der Waals surface area contributed by atoms with Crippen molar-refractivity contribution in [2.75, 3.05) is 13.1 Å². The highest BCUT2D eigenvalue weighted by molar-refractivity contribution is 5.94. The fourth-order valence-electron chi connectivity index (χ4n) is 3.62. The predicted octanol–water partition coefficient (Wildman–Crippen LogP) is 4.07. The van der Waals surface area contributed by atoms with Crippen molar-refractivity contribution in [3.05, 3.63) is 71.9 Å². The van der Waals surface area contributed by atoms with Crippen LogP contribution in [0.3, 0.4) is 0 Å². The Balaban J connectivity index is 1.79. The first kappa shape index (κ1) is 19.3. The molecule has 1 aliphatic heterocycles. The van der Waals surface area contributed by atoms with E-state index in [-0.39, 0.29) is 29.6 Å². The van der Waals surface area contributed by atoms with Crippen LogP contribution in [0.15, 0.2) is 54.6 Å². The Morgan fingerprint density at radius 3 is 2.34 bits per heavy atom. The Bertz CT molecular complexity index is 1020. The Hall–Kier alpha value is -3.06. The highest BCUT2D eigenvalue weighted by atomic mass is 19.1. The van der Waals surface area contributed by atoms with Crippen molar-refractivity contribution in [1.29, 1.82) is 0 Å². The van der Waals surface area contributed by atoms with Gasteiger partial charge in [0.05, 0.1) is 23.6 Å². The first-order chi connectivity index (χ1) is 13.9. The molecule has 7 heteroatoms. The van der Waals surface area contributed by atoms with Crippen LogP contribution in [0.5, 0.6) is 0 Å². The molecule has 150 valence electrons. The molecular formula is C22H21F2N3O2. The normalized spacial score (nSPS) is 19.4. The van der Waals surface area contributed by atoms with Gasteiger partial charge in [-0.2, -0.15) is 5.10 Å². The van der Waals surface area contributed by atoms with Gasteiger partial charge in [-0.05, 0) is 56.3 Å². The lowest BCUT2D eigenvalue weighted by Gasteiger charge is -2.35. The average Bonchev–Trinajstić information content (AvgIpc) is 3.12. The van der Waals surface area contributed by atoms with Crippen LogP contribution in [-0.2, 0) is 4.74 Å². The third kappa shape index (κ3) is 3.91. The molecule has 0 unspecified atom stereocenters. The van der Waals surface area contributed by atoms with Gasteiger partial charge in [0.25, 0.3) is 5.91 Å². The molecule has 1 saturated heterocycles. The number of morpholine rings is 1. The summed E-state index contributed by atoms with van der Waals surface area (Å²) in [5.41, 5.74) is 1.44. The van der Waals surface area contributed by atoms with Crippen molar-refractivity contribution in [3.63, 3.8) is 0 Å². The molecule has 1 amide bonds. The van der Waals surface area contributed by atoms with E-state index in [0.717, 1.165) is 0 Å². The second kappa shape index (κ2) is 7.75. The van der Waals surface area contributed by atoms with Gasteiger partial charge in [-0.25, -0.2) is 13.5 Å². The maximum atomic E-state index is 14.3. The third-order valence-electron chi connectivity index (χ3n) is 4.86. The van der Waals surface area contributed by atoms with Gasteiger partial charge in [0, 0.05) is 18.7 Å². The first-order valence-corrected chi connectivity index (χ1v) is 9.48. The Morgan fingerprint density at radius 2 is 1.69 bits per heavy atom. The monoisotopic (exact) mass is 397 g/mol. The molecule has 0 radical (unpaired) electrons. The maximum Gasteiger partial charge on any atom is 0.272 e. The van der Waals surface area contributed by atoms with E-state index in [1.165, 1.54) is 35.0 Å². The van der Waals surface area contributed by atoms with Crippen LogP contribution in [0.1, 0.15) is 24.3 Å².